The second-order valence-corrected chi connectivity index (χ2v) is 6.51. The van der Waals surface area contributed by atoms with Gasteiger partial charge in [-0.2, -0.15) is 0 Å². The summed E-state index contributed by atoms with van der Waals surface area (Å²) >= 11 is 1.54. The SMILES string of the molecule is C[C@H](N)c1nnc2n1NC(c1ccc(-c3ccccc3)cc1)=CS2. The van der Waals surface area contributed by atoms with Gasteiger partial charge >= 0.3 is 0 Å². The average Bonchev–Trinajstić information content (AvgIpc) is 3.06. The molecule has 0 amide bonds. The predicted molar refractivity (Wildman–Crippen MR) is 97.7 cm³/mol. The van der Waals surface area contributed by atoms with Gasteiger partial charge in [0.15, 0.2) is 5.82 Å². The summed E-state index contributed by atoms with van der Waals surface area (Å²) in [5, 5.41) is 11.1. The molecule has 24 heavy (non-hydrogen) atoms. The van der Waals surface area contributed by atoms with Gasteiger partial charge < -0.3 is 5.73 Å². The number of aromatic nitrogens is 3. The Bertz CT molecular complexity index is 882. The summed E-state index contributed by atoms with van der Waals surface area (Å²) in [6, 6.07) is 18.7. The van der Waals surface area contributed by atoms with Crippen molar-refractivity contribution in [3.8, 4) is 11.1 Å². The van der Waals surface area contributed by atoms with Crippen molar-refractivity contribution in [2.75, 3.05) is 5.43 Å². The Labute approximate surface area is 144 Å². The van der Waals surface area contributed by atoms with Gasteiger partial charge in [0.2, 0.25) is 5.16 Å². The molecule has 0 saturated heterocycles. The van der Waals surface area contributed by atoms with Crippen molar-refractivity contribution in [1.29, 1.82) is 0 Å². The Hall–Kier alpha value is -2.57. The molecule has 120 valence electrons. The zero-order valence-corrected chi connectivity index (χ0v) is 14.0. The highest BCUT2D eigenvalue weighted by Gasteiger charge is 2.20. The van der Waals surface area contributed by atoms with Crippen molar-refractivity contribution in [3.63, 3.8) is 0 Å². The maximum Gasteiger partial charge on any atom is 0.214 e. The smallest absolute Gasteiger partial charge is 0.214 e. The van der Waals surface area contributed by atoms with Crippen LogP contribution >= 0.6 is 11.8 Å². The molecule has 2 aromatic carbocycles. The molecule has 0 aliphatic carbocycles. The van der Waals surface area contributed by atoms with E-state index in [2.05, 4.69) is 52.0 Å². The first-order chi connectivity index (χ1) is 11.7. The van der Waals surface area contributed by atoms with Crippen molar-refractivity contribution in [2.24, 2.45) is 5.73 Å². The minimum Gasteiger partial charge on any atom is -0.321 e. The van der Waals surface area contributed by atoms with E-state index in [0.717, 1.165) is 22.2 Å². The van der Waals surface area contributed by atoms with Crippen molar-refractivity contribution < 1.29 is 0 Å². The Balaban J connectivity index is 1.61. The van der Waals surface area contributed by atoms with E-state index in [1.54, 1.807) is 0 Å². The fourth-order valence-corrected chi connectivity index (χ4v) is 3.37. The van der Waals surface area contributed by atoms with Gasteiger partial charge in [-0.3, -0.25) is 5.43 Å². The van der Waals surface area contributed by atoms with E-state index >= 15 is 0 Å². The third-order valence-corrected chi connectivity index (χ3v) is 4.71. The normalized spacial score (nSPS) is 14.5. The Morgan fingerprint density at radius 3 is 2.33 bits per heavy atom. The molecule has 1 atom stereocenters. The molecule has 3 aromatic rings. The quantitative estimate of drug-likeness (QED) is 0.765. The third kappa shape index (κ3) is 2.70. The van der Waals surface area contributed by atoms with Gasteiger partial charge in [-0.1, -0.05) is 66.4 Å². The fourth-order valence-electron chi connectivity index (χ4n) is 2.62. The molecule has 0 bridgehead atoms. The van der Waals surface area contributed by atoms with Crippen LogP contribution in [0.4, 0.5) is 0 Å². The largest absolute Gasteiger partial charge is 0.321 e. The van der Waals surface area contributed by atoms with Crippen LogP contribution in [-0.2, 0) is 0 Å². The zero-order chi connectivity index (χ0) is 16.5. The number of hydrogen-bond donors (Lipinski definition) is 2. The van der Waals surface area contributed by atoms with Crippen molar-refractivity contribution >= 4 is 17.5 Å². The second kappa shape index (κ2) is 6.14. The lowest BCUT2D eigenvalue weighted by molar-refractivity contribution is 0.678. The Morgan fingerprint density at radius 2 is 1.62 bits per heavy atom. The average molecular weight is 335 g/mol. The topological polar surface area (TPSA) is 68.8 Å². The van der Waals surface area contributed by atoms with Crippen LogP contribution in [0.3, 0.4) is 0 Å². The Morgan fingerprint density at radius 1 is 0.958 bits per heavy atom. The van der Waals surface area contributed by atoms with Crippen LogP contribution in [0.15, 0.2) is 65.2 Å². The molecule has 1 aliphatic rings. The van der Waals surface area contributed by atoms with Crippen LogP contribution in [0.1, 0.15) is 24.4 Å². The van der Waals surface area contributed by atoms with E-state index in [4.69, 9.17) is 5.73 Å². The summed E-state index contributed by atoms with van der Waals surface area (Å²) in [4.78, 5) is 0. The van der Waals surface area contributed by atoms with E-state index in [1.165, 1.54) is 22.9 Å². The summed E-state index contributed by atoms with van der Waals surface area (Å²) in [5.41, 5.74) is 13.8. The first kappa shape index (κ1) is 15.0. The van der Waals surface area contributed by atoms with Crippen molar-refractivity contribution in [3.05, 3.63) is 71.4 Å². The van der Waals surface area contributed by atoms with Crippen LogP contribution < -0.4 is 11.2 Å². The van der Waals surface area contributed by atoms with Crippen LogP contribution in [-0.4, -0.2) is 14.9 Å². The van der Waals surface area contributed by atoms with Crippen molar-refractivity contribution in [1.82, 2.24) is 14.9 Å². The van der Waals surface area contributed by atoms with Gasteiger partial charge in [0.05, 0.1) is 11.7 Å². The van der Waals surface area contributed by atoms with Gasteiger partial charge in [-0.25, -0.2) is 4.68 Å². The summed E-state index contributed by atoms with van der Waals surface area (Å²) in [6.07, 6.45) is 0. The molecule has 0 unspecified atom stereocenters. The maximum absolute atomic E-state index is 5.96. The summed E-state index contributed by atoms with van der Waals surface area (Å²) in [7, 11) is 0. The second-order valence-electron chi connectivity index (χ2n) is 5.67. The molecule has 1 aromatic heterocycles. The van der Waals surface area contributed by atoms with E-state index < -0.39 is 0 Å². The minimum atomic E-state index is -0.181. The predicted octanol–water partition coefficient (Wildman–Crippen LogP) is 3.61. The molecule has 0 spiro atoms. The monoisotopic (exact) mass is 335 g/mol. The van der Waals surface area contributed by atoms with Crippen LogP contribution in [0.25, 0.3) is 16.8 Å². The van der Waals surface area contributed by atoms with Gasteiger partial charge in [-0.05, 0) is 23.6 Å². The highest BCUT2D eigenvalue weighted by molar-refractivity contribution is 8.02. The number of thioether (sulfide) groups is 1. The van der Waals surface area contributed by atoms with Crippen LogP contribution in [0.5, 0.6) is 0 Å². The maximum atomic E-state index is 5.96. The number of nitrogens with two attached hydrogens (primary N) is 1. The van der Waals surface area contributed by atoms with E-state index in [-0.39, 0.29) is 6.04 Å². The van der Waals surface area contributed by atoms with Gasteiger partial charge in [0.25, 0.3) is 0 Å². The number of fused-ring (bicyclic) bond motifs is 1. The third-order valence-electron chi connectivity index (χ3n) is 3.88. The lowest BCUT2D eigenvalue weighted by Crippen LogP contribution is -2.23. The molecule has 0 fully saturated rings. The highest BCUT2D eigenvalue weighted by Crippen LogP contribution is 2.30. The standard InChI is InChI=1S/C18H17N5S/c1-12(19)17-20-21-18-23(17)22-16(11-24-18)15-9-7-14(8-10-15)13-5-3-2-4-6-13/h2-12,22H,19H2,1H3/t12-/m0/s1. The van der Waals surface area contributed by atoms with Crippen LogP contribution in [0, 0.1) is 0 Å². The first-order valence-electron chi connectivity index (χ1n) is 7.73. The molecule has 4 rings (SSSR count). The summed E-state index contributed by atoms with van der Waals surface area (Å²) in [5.74, 6) is 0.726. The number of benzene rings is 2. The molecular formula is C18H17N5S. The molecule has 2 heterocycles. The summed E-state index contributed by atoms with van der Waals surface area (Å²) in [6.45, 7) is 1.90. The molecule has 0 radical (unpaired) electrons. The number of rotatable bonds is 3. The Kier molecular flexibility index (Phi) is 3.84. The van der Waals surface area contributed by atoms with Crippen molar-refractivity contribution in [2.45, 2.75) is 18.1 Å². The van der Waals surface area contributed by atoms with E-state index in [1.807, 2.05) is 35.2 Å². The minimum absolute atomic E-state index is 0.181. The first-order valence-corrected chi connectivity index (χ1v) is 8.61. The lowest BCUT2D eigenvalue weighted by atomic mass is 10.0. The molecule has 5 nitrogen and oxygen atoms in total. The van der Waals surface area contributed by atoms with Gasteiger partial charge in [-0.15, -0.1) is 10.2 Å². The highest BCUT2D eigenvalue weighted by atomic mass is 32.2. The zero-order valence-electron chi connectivity index (χ0n) is 13.2. The molecule has 1 aliphatic heterocycles. The number of hydrogen-bond acceptors (Lipinski definition) is 5. The van der Waals surface area contributed by atoms with Gasteiger partial charge in [0.1, 0.15) is 0 Å². The fraction of sp³-hybridized carbons (Fsp3) is 0.111. The van der Waals surface area contributed by atoms with Crippen LogP contribution in [0.2, 0.25) is 0 Å². The van der Waals surface area contributed by atoms with E-state index in [0.29, 0.717) is 0 Å². The number of nitrogens with zero attached hydrogens (tertiary/aromatic N) is 3. The molecule has 3 N–H and O–H groups in total. The summed E-state index contributed by atoms with van der Waals surface area (Å²) < 4.78 is 1.86. The van der Waals surface area contributed by atoms with Gasteiger partial charge in [0, 0.05) is 5.41 Å². The molecular weight excluding hydrogens is 318 g/mol. The molecule has 0 saturated carbocycles. The molecule has 6 heteroatoms. The lowest BCUT2D eigenvalue weighted by Gasteiger charge is -2.20. The van der Waals surface area contributed by atoms with E-state index in [9.17, 15) is 0 Å². The number of nitrogens with one attached hydrogen (secondary N) is 1.